The maximum atomic E-state index is 10.2. The predicted octanol–water partition coefficient (Wildman–Crippen LogP) is -0.231. The van der Waals surface area contributed by atoms with Crippen LogP contribution in [-0.4, -0.2) is 47.0 Å². The molecule has 0 radical (unpaired) electrons. The van der Waals surface area contributed by atoms with Gasteiger partial charge in [0.2, 0.25) is 0 Å². The van der Waals surface area contributed by atoms with Crippen molar-refractivity contribution in [2.75, 3.05) is 26.2 Å². The fourth-order valence-electron chi connectivity index (χ4n) is 1.32. The second kappa shape index (κ2) is 10.7. The van der Waals surface area contributed by atoms with Gasteiger partial charge in [0.15, 0.2) is 5.82 Å². The number of imidazole rings is 1. The monoisotopic (exact) mass is 276 g/mol. The van der Waals surface area contributed by atoms with Gasteiger partial charge in [-0.3, -0.25) is 9.78 Å². The summed E-state index contributed by atoms with van der Waals surface area (Å²) in [7, 11) is 0. The van der Waals surface area contributed by atoms with Gasteiger partial charge in [-0.1, -0.05) is 6.07 Å². The standard InChI is InChI=1S/C5H5N.C4H5N3O.C4H10N2/c1-2-4-6-5-3-1;5-3(8)4-6-1-2-7-4;1-2-6-4-3-5-1/h1-5H;1-2H,(H2,5,8)(H,6,7);5-6H,1-4H2. The first kappa shape index (κ1) is 15.8. The van der Waals surface area contributed by atoms with Gasteiger partial charge in [-0.05, 0) is 12.1 Å². The van der Waals surface area contributed by atoms with Crippen molar-refractivity contribution in [3.05, 3.63) is 48.8 Å². The van der Waals surface area contributed by atoms with E-state index in [0.29, 0.717) is 0 Å². The fraction of sp³-hybridized carbons (Fsp3) is 0.308. The Morgan fingerprint density at radius 1 is 1.00 bits per heavy atom. The van der Waals surface area contributed by atoms with Crippen molar-refractivity contribution in [2.24, 2.45) is 5.73 Å². The van der Waals surface area contributed by atoms with Crippen LogP contribution < -0.4 is 16.4 Å². The Balaban J connectivity index is 0.000000152. The largest absolute Gasteiger partial charge is 0.363 e. The van der Waals surface area contributed by atoms with Gasteiger partial charge in [0.25, 0.3) is 5.91 Å². The van der Waals surface area contributed by atoms with Crippen LogP contribution in [0.3, 0.4) is 0 Å². The average molecular weight is 276 g/mol. The second-order valence-corrected chi connectivity index (χ2v) is 3.83. The normalized spacial score (nSPS) is 13.2. The SMILES string of the molecule is C1CNCCN1.NC(=O)c1ncc[nH]1.c1ccncc1. The molecule has 3 heterocycles. The predicted molar refractivity (Wildman–Crippen MR) is 77.1 cm³/mol. The first-order chi connectivity index (χ1) is 9.80. The Bertz CT molecular complexity index is 403. The number of piperazine rings is 1. The summed E-state index contributed by atoms with van der Waals surface area (Å²) in [4.78, 5) is 20.1. The van der Waals surface area contributed by atoms with Crippen LogP contribution in [0.5, 0.6) is 0 Å². The number of hydrogen-bond acceptors (Lipinski definition) is 5. The molecular weight excluding hydrogens is 256 g/mol. The van der Waals surface area contributed by atoms with Crippen LogP contribution in [0.4, 0.5) is 0 Å². The lowest BCUT2D eigenvalue weighted by Gasteiger charge is -2.11. The molecule has 20 heavy (non-hydrogen) atoms. The minimum Gasteiger partial charge on any atom is -0.363 e. The van der Waals surface area contributed by atoms with Crippen LogP contribution in [0.15, 0.2) is 43.0 Å². The maximum absolute atomic E-state index is 10.2. The Morgan fingerprint density at radius 3 is 1.80 bits per heavy atom. The molecule has 2 aromatic heterocycles. The zero-order valence-electron chi connectivity index (χ0n) is 11.2. The van der Waals surface area contributed by atoms with Crippen LogP contribution in [-0.2, 0) is 0 Å². The highest BCUT2D eigenvalue weighted by Gasteiger charge is 1.97. The minimum absolute atomic E-state index is 0.199. The molecule has 1 amide bonds. The number of aromatic amines is 1. The molecule has 7 nitrogen and oxygen atoms in total. The van der Waals surface area contributed by atoms with Gasteiger partial charge in [0, 0.05) is 51.0 Å². The topological polar surface area (TPSA) is 109 Å². The smallest absolute Gasteiger partial charge is 0.284 e. The summed E-state index contributed by atoms with van der Waals surface area (Å²) in [6.07, 6.45) is 6.51. The van der Waals surface area contributed by atoms with Gasteiger partial charge in [-0.2, -0.15) is 0 Å². The number of hydrogen-bond donors (Lipinski definition) is 4. The number of pyridine rings is 1. The van der Waals surface area contributed by atoms with E-state index in [0.717, 1.165) is 26.2 Å². The lowest BCUT2D eigenvalue weighted by Crippen LogP contribution is -2.39. The van der Waals surface area contributed by atoms with E-state index >= 15 is 0 Å². The van der Waals surface area contributed by atoms with E-state index in [2.05, 4.69) is 25.6 Å². The number of primary amides is 1. The van der Waals surface area contributed by atoms with Crippen molar-refractivity contribution in [2.45, 2.75) is 0 Å². The Morgan fingerprint density at radius 2 is 1.60 bits per heavy atom. The molecule has 0 saturated carbocycles. The number of carbonyl (C=O) groups excluding carboxylic acids is 1. The molecule has 1 aliphatic rings. The summed E-state index contributed by atoms with van der Waals surface area (Å²) in [5, 5.41) is 6.44. The molecule has 1 fully saturated rings. The molecule has 108 valence electrons. The van der Waals surface area contributed by atoms with E-state index in [1.54, 1.807) is 18.6 Å². The van der Waals surface area contributed by atoms with E-state index in [-0.39, 0.29) is 5.82 Å². The summed E-state index contributed by atoms with van der Waals surface area (Å²) < 4.78 is 0. The van der Waals surface area contributed by atoms with Gasteiger partial charge < -0.3 is 21.4 Å². The number of carbonyl (C=O) groups is 1. The summed E-state index contributed by atoms with van der Waals surface area (Å²) in [5.41, 5.74) is 4.83. The van der Waals surface area contributed by atoms with Gasteiger partial charge in [-0.15, -0.1) is 0 Å². The van der Waals surface area contributed by atoms with E-state index in [4.69, 9.17) is 5.73 Å². The molecular formula is C13H20N6O. The molecule has 0 bridgehead atoms. The van der Waals surface area contributed by atoms with Crippen molar-refractivity contribution in [1.82, 2.24) is 25.6 Å². The third-order valence-corrected chi connectivity index (χ3v) is 2.26. The fourth-order valence-corrected chi connectivity index (χ4v) is 1.32. The van der Waals surface area contributed by atoms with Gasteiger partial charge in [0.1, 0.15) is 0 Å². The average Bonchev–Trinajstić information content (AvgIpc) is 3.07. The Labute approximate surface area is 118 Å². The van der Waals surface area contributed by atoms with E-state index in [9.17, 15) is 4.79 Å². The van der Waals surface area contributed by atoms with Crippen LogP contribution >= 0.6 is 0 Å². The first-order valence-electron chi connectivity index (χ1n) is 6.36. The Hall–Kier alpha value is -2.25. The lowest BCUT2D eigenvalue weighted by atomic mass is 10.4. The number of nitrogens with two attached hydrogens (primary N) is 1. The molecule has 5 N–H and O–H groups in total. The highest BCUT2D eigenvalue weighted by atomic mass is 16.1. The summed E-state index contributed by atoms with van der Waals surface area (Å²) in [5.74, 6) is -0.333. The molecule has 1 saturated heterocycles. The van der Waals surface area contributed by atoms with Crippen molar-refractivity contribution in [3.63, 3.8) is 0 Å². The van der Waals surface area contributed by atoms with Crippen molar-refractivity contribution < 1.29 is 4.79 Å². The number of amides is 1. The quantitative estimate of drug-likeness (QED) is 0.575. The highest BCUT2D eigenvalue weighted by molar-refractivity contribution is 5.88. The van der Waals surface area contributed by atoms with Crippen LogP contribution in [0.25, 0.3) is 0 Å². The van der Waals surface area contributed by atoms with E-state index in [1.807, 2.05) is 18.2 Å². The molecule has 0 aromatic carbocycles. The zero-order chi connectivity index (χ0) is 14.5. The van der Waals surface area contributed by atoms with Gasteiger partial charge >= 0.3 is 0 Å². The number of rotatable bonds is 1. The van der Waals surface area contributed by atoms with Crippen molar-refractivity contribution in [3.8, 4) is 0 Å². The molecule has 3 rings (SSSR count). The van der Waals surface area contributed by atoms with Crippen LogP contribution in [0, 0.1) is 0 Å². The van der Waals surface area contributed by atoms with Gasteiger partial charge in [0.05, 0.1) is 0 Å². The molecule has 0 unspecified atom stereocenters. The summed E-state index contributed by atoms with van der Waals surface area (Å²) in [6, 6.07) is 5.72. The summed E-state index contributed by atoms with van der Waals surface area (Å²) in [6.45, 7) is 4.56. The number of aromatic nitrogens is 3. The molecule has 1 aliphatic heterocycles. The summed E-state index contributed by atoms with van der Waals surface area (Å²) >= 11 is 0. The van der Waals surface area contributed by atoms with E-state index in [1.165, 1.54) is 6.20 Å². The lowest BCUT2D eigenvalue weighted by molar-refractivity contribution is 0.0991. The molecule has 2 aromatic rings. The third kappa shape index (κ3) is 7.96. The number of nitrogens with one attached hydrogen (secondary N) is 3. The minimum atomic E-state index is -0.532. The van der Waals surface area contributed by atoms with Crippen LogP contribution in [0.2, 0.25) is 0 Å². The number of H-pyrrole nitrogens is 1. The maximum Gasteiger partial charge on any atom is 0.284 e. The second-order valence-electron chi connectivity index (χ2n) is 3.83. The molecule has 0 aliphatic carbocycles. The third-order valence-electron chi connectivity index (χ3n) is 2.26. The number of nitrogens with zero attached hydrogens (tertiary/aromatic N) is 2. The van der Waals surface area contributed by atoms with Crippen LogP contribution in [0.1, 0.15) is 10.6 Å². The van der Waals surface area contributed by atoms with Crippen molar-refractivity contribution in [1.29, 1.82) is 0 Å². The molecule has 0 spiro atoms. The molecule has 7 heteroatoms. The van der Waals surface area contributed by atoms with E-state index < -0.39 is 5.91 Å². The first-order valence-corrected chi connectivity index (χ1v) is 6.36. The van der Waals surface area contributed by atoms with Gasteiger partial charge in [-0.25, -0.2) is 4.98 Å². The zero-order valence-corrected chi connectivity index (χ0v) is 11.2. The molecule has 0 atom stereocenters. The Kier molecular flexibility index (Phi) is 8.42. The van der Waals surface area contributed by atoms with Crippen molar-refractivity contribution >= 4 is 5.91 Å². The highest BCUT2D eigenvalue weighted by Crippen LogP contribution is 1.82.